The minimum atomic E-state index is -0.399. The molecule has 1 aromatic carbocycles. The fourth-order valence-corrected chi connectivity index (χ4v) is 3.55. The monoisotopic (exact) mass is 432 g/mol. The molecule has 0 radical (unpaired) electrons. The fourth-order valence-electron chi connectivity index (χ4n) is 3.55. The van der Waals surface area contributed by atoms with Gasteiger partial charge >= 0.3 is 5.97 Å². The van der Waals surface area contributed by atoms with E-state index >= 15 is 0 Å². The number of benzene rings is 1. The zero-order chi connectivity index (χ0) is 21.9. The molecule has 0 aliphatic carbocycles. The van der Waals surface area contributed by atoms with Crippen molar-refractivity contribution < 1.29 is 24.1 Å². The lowest BCUT2D eigenvalue weighted by molar-refractivity contribution is -0.141. The second-order valence-electron chi connectivity index (χ2n) is 7.23. The number of H-pyrrole nitrogens is 1. The van der Waals surface area contributed by atoms with Crippen molar-refractivity contribution in [3.05, 3.63) is 60.4 Å². The molecular formula is C23H20N4O5. The Hall–Kier alpha value is -3.98. The first kappa shape index (κ1) is 20.0. The molecular weight excluding hydrogens is 412 g/mol. The standard InChI is InChI=1S/C23H20N4O5/c28-9-10-30-21-6-4-14(13-25-21)31-20-12-18-17(11-15(20)19-5-7-22(29)32-19)26-23(27-18)16-3-1-2-8-24-16/h1-4,6,8,11-13,19,28H,5,7,9-10H2,(H,26,27). The number of carbonyl (C=O) groups excluding carboxylic acids is 1. The van der Waals surface area contributed by atoms with Crippen LogP contribution in [0.2, 0.25) is 0 Å². The van der Waals surface area contributed by atoms with Crippen LogP contribution in [0.3, 0.4) is 0 Å². The minimum absolute atomic E-state index is 0.0897. The molecule has 1 fully saturated rings. The summed E-state index contributed by atoms with van der Waals surface area (Å²) in [5.74, 6) is 1.82. The van der Waals surface area contributed by atoms with Gasteiger partial charge in [-0.2, -0.15) is 0 Å². The van der Waals surface area contributed by atoms with E-state index in [9.17, 15) is 4.79 Å². The number of aliphatic hydroxyl groups is 1. The number of fused-ring (bicyclic) bond motifs is 1. The summed E-state index contributed by atoms with van der Waals surface area (Å²) < 4.78 is 16.9. The highest BCUT2D eigenvalue weighted by molar-refractivity contribution is 5.82. The summed E-state index contributed by atoms with van der Waals surface area (Å²) in [6.07, 6.45) is 3.78. The highest BCUT2D eigenvalue weighted by atomic mass is 16.6. The maximum atomic E-state index is 11.7. The fraction of sp³-hybridized carbons (Fsp3) is 0.217. The van der Waals surface area contributed by atoms with Gasteiger partial charge < -0.3 is 24.3 Å². The van der Waals surface area contributed by atoms with Crippen LogP contribution in [0.25, 0.3) is 22.6 Å². The Morgan fingerprint density at radius 3 is 2.84 bits per heavy atom. The van der Waals surface area contributed by atoms with E-state index in [1.54, 1.807) is 18.3 Å². The van der Waals surface area contributed by atoms with E-state index in [2.05, 4.69) is 19.9 Å². The zero-order valence-corrected chi connectivity index (χ0v) is 17.0. The minimum Gasteiger partial charge on any atom is -0.475 e. The molecule has 1 atom stereocenters. The Kier molecular flexibility index (Phi) is 5.39. The maximum Gasteiger partial charge on any atom is 0.306 e. The number of nitrogens with zero attached hydrogens (tertiary/aromatic N) is 3. The number of ether oxygens (including phenoxy) is 3. The molecule has 0 saturated carbocycles. The summed E-state index contributed by atoms with van der Waals surface area (Å²) in [7, 11) is 0. The number of carbonyl (C=O) groups is 1. The van der Waals surface area contributed by atoms with E-state index < -0.39 is 6.10 Å². The van der Waals surface area contributed by atoms with E-state index in [4.69, 9.17) is 19.3 Å². The Morgan fingerprint density at radius 1 is 1.19 bits per heavy atom. The molecule has 9 nitrogen and oxygen atoms in total. The average Bonchev–Trinajstić information content (AvgIpc) is 3.44. The molecule has 0 amide bonds. The van der Waals surface area contributed by atoms with Crippen molar-refractivity contribution >= 4 is 17.0 Å². The van der Waals surface area contributed by atoms with Crippen LogP contribution >= 0.6 is 0 Å². The summed E-state index contributed by atoms with van der Waals surface area (Å²) >= 11 is 0. The second-order valence-corrected chi connectivity index (χ2v) is 7.23. The van der Waals surface area contributed by atoms with Gasteiger partial charge in [-0.25, -0.2) is 9.97 Å². The van der Waals surface area contributed by atoms with Crippen LogP contribution in [0.4, 0.5) is 0 Å². The van der Waals surface area contributed by atoms with Crippen LogP contribution in [0, 0.1) is 0 Å². The molecule has 9 heteroatoms. The SMILES string of the molecule is O=C1CCC(c2cc3[nH]c(-c4ccccn4)nc3cc2Oc2ccc(OCCO)nc2)O1. The second kappa shape index (κ2) is 8.64. The molecule has 3 aromatic heterocycles. The van der Waals surface area contributed by atoms with Crippen LogP contribution in [0.1, 0.15) is 24.5 Å². The summed E-state index contributed by atoms with van der Waals surface area (Å²) in [5, 5.41) is 8.87. The lowest BCUT2D eigenvalue weighted by Crippen LogP contribution is -2.03. The topological polar surface area (TPSA) is 119 Å². The van der Waals surface area contributed by atoms with Gasteiger partial charge in [0.15, 0.2) is 5.82 Å². The van der Waals surface area contributed by atoms with E-state index in [-0.39, 0.29) is 19.2 Å². The van der Waals surface area contributed by atoms with Gasteiger partial charge in [-0.1, -0.05) is 6.07 Å². The van der Waals surface area contributed by atoms with Crippen molar-refractivity contribution in [3.8, 4) is 28.9 Å². The number of pyridine rings is 2. The summed E-state index contributed by atoms with van der Waals surface area (Å²) in [5.41, 5.74) is 2.97. The first-order valence-corrected chi connectivity index (χ1v) is 10.2. The smallest absolute Gasteiger partial charge is 0.306 e. The summed E-state index contributed by atoms with van der Waals surface area (Å²) in [4.78, 5) is 28.2. The summed E-state index contributed by atoms with van der Waals surface area (Å²) in [6, 6.07) is 12.7. The third kappa shape index (κ3) is 4.10. The van der Waals surface area contributed by atoms with Crippen LogP contribution in [-0.2, 0) is 9.53 Å². The molecule has 4 aromatic rings. The third-order valence-electron chi connectivity index (χ3n) is 5.03. The van der Waals surface area contributed by atoms with E-state index in [1.165, 1.54) is 6.20 Å². The lowest BCUT2D eigenvalue weighted by atomic mass is 10.0. The summed E-state index contributed by atoms with van der Waals surface area (Å²) in [6.45, 7) is 0.0758. The molecule has 1 unspecified atom stereocenters. The largest absolute Gasteiger partial charge is 0.475 e. The molecule has 1 saturated heterocycles. The van der Waals surface area contributed by atoms with Gasteiger partial charge in [0.05, 0.1) is 23.8 Å². The van der Waals surface area contributed by atoms with E-state index in [0.717, 1.165) is 16.8 Å². The van der Waals surface area contributed by atoms with E-state index in [0.29, 0.717) is 41.6 Å². The molecule has 0 spiro atoms. The number of rotatable bonds is 7. The van der Waals surface area contributed by atoms with Crippen molar-refractivity contribution in [2.24, 2.45) is 0 Å². The number of cyclic esters (lactones) is 1. The molecule has 2 N–H and O–H groups in total. The third-order valence-corrected chi connectivity index (χ3v) is 5.03. The molecule has 1 aliphatic heterocycles. The number of imidazole rings is 1. The predicted molar refractivity (Wildman–Crippen MR) is 114 cm³/mol. The van der Waals surface area contributed by atoms with Crippen molar-refractivity contribution in [3.63, 3.8) is 0 Å². The van der Waals surface area contributed by atoms with Gasteiger partial charge in [0.25, 0.3) is 0 Å². The van der Waals surface area contributed by atoms with Gasteiger partial charge in [0.1, 0.15) is 29.9 Å². The number of aromatic nitrogens is 4. The molecule has 162 valence electrons. The Balaban J connectivity index is 1.51. The Morgan fingerprint density at radius 2 is 2.12 bits per heavy atom. The predicted octanol–water partition coefficient (Wildman–Crippen LogP) is 3.56. The Bertz CT molecular complexity index is 1240. The van der Waals surface area contributed by atoms with Crippen molar-refractivity contribution in [1.82, 2.24) is 19.9 Å². The van der Waals surface area contributed by atoms with Crippen molar-refractivity contribution in [1.29, 1.82) is 0 Å². The van der Waals surface area contributed by atoms with Crippen LogP contribution < -0.4 is 9.47 Å². The highest BCUT2D eigenvalue weighted by Crippen LogP contribution is 2.39. The highest BCUT2D eigenvalue weighted by Gasteiger charge is 2.28. The molecule has 1 aliphatic rings. The van der Waals surface area contributed by atoms with Gasteiger partial charge in [0, 0.05) is 30.3 Å². The number of aromatic amines is 1. The van der Waals surface area contributed by atoms with E-state index in [1.807, 2.05) is 30.3 Å². The zero-order valence-electron chi connectivity index (χ0n) is 17.0. The van der Waals surface area contributed by atoms with Crippen molar-refractivity contribution in [2.45, 2.75) is 18.9 Å². The quantitative estimate of drug-likeness (QED) is 0.426. The molecule has 4 heterocycles. The van der Waals surface area contributed by atoms with Gasteiger partial charge in [-0.3, -0.25) is 9.78 Å². The lowest BCUT2D eigenvalue weighted by Gasteiger charge is -2.15. The number of hydrogen-bond donors (Lipinski definition) is 2. The molecule has 32 heavy (non-hydrogen) atoms. The average molecular weight is 432 g/mol. The first-order valence-electron chi connectivity index (χ1n) is 10.2. The normalized spacial score (nSPS) is 15.7. The van der Waals surface area contributed by atoms with Crippen LogP contribution in [0.5, 0.6) is 17.4 Å². The number of aliphatic hydroxyl groups excluding tert-OH is 1. The number of nitrogens with one attached hydrogen (secondary N) is 1. The molecule has 5 rings (SSSR count). The molecule has 0 bridgehead atoms. The van der Waals surface area contributed by atoms with Gasteiger partial charge in [-0.05, 0) is 30.7 Å². The number of hydrogen-bond acceptors (Lipinski definition) is 8. The Labute approximate surface area is 183 Å². The van der Waals surface area contributed by atoms with Gasteiger partial charge in [-0.15, -0.1) is 0 Å². The number of esters is 1. The van der Waals surface area contributed by atoms with Crippen LogP contribution in [-0.4, -0.2) is 44.2 Å². The van der Waals surface area contributed by atoms with Crippen LogP contribution in [0.15, 0.2) is 54.9 Å². The van der Waals surface area contributed by atoms with Gasteiger partial charge in [0.2, 0.25) is 5.88 Å². The maximum absolute atomic E-state index is 11.7. The first-order chi connectivity index (χ1) is 15.7. The van der Waals surface area contributed by atoms with Crippen molar-refractivity contribution in [2.75, 3.05) is 13.2 Å².